The fourth-order valence-corrected chi connectivity index (χ4v) is 0.804. The van der Waals surface area contributed by atoms with Crippen LogP contribution in [0.1, 0.15) is 20.8 Å². The summed E-state index contributed by atoms with van der Waals surface area (Å²) in [5.41, 5.74) is 4.95. The van der Waals surface area contributed by atoms with Gasteiger partial charge in [-0.3, -0.25) is 15.0 Å². The molecule has 0 rings (SSSR count). The normalized spacial score (nSPS) is 12.4. The van der Waals surface area contributed by atoms with Crippen LogP contribution in [0.5, 0.6) is 0 Å². The van der Waals surface area contributed by atoms with E-state index < -0.39 is 6.04 Å². The lowest BCUT2D eigenvalue weighted by Gasteiger charge is -2.19. The number of nitrogens with one attached hydrogen (secondary N) is 2. The van der Waals surface area contributed by atoms with Gasteiger partial charge >= 0.3 is 5.97 Å². The van der Waals surface area contributed by atoms with Crippen LogP contribution in [0, 0.1) is 5.92 Å². The van der Waals surface area contributed by atoms with E-state index in [2.05, 4.69) is 15.6 Å². The zero-order chi connectivity index (χ0) is 10.4. The Morgan fingerprint density at radius 3 is 2.15 bits per heavy atom. The van der Waals surface area contributed by atoms with Crippen LogP contribution in [0.2, 0.25) is 0 Å². The average molecular weight is 188 g/mol. The summed E-state index contributed by atoms with van der Waals surface area (Å²) in [5.74, 6) is -0.572. The largest absolute Gasteiger partial charge is 0.468 e. The second-order valence-corrected chi connectivity index (χ2v) is 3.07. The molecule has 1 atom stereocenters. The summed E-state index contributed by atoms with van der Waals surface area (Å²) in [5, 5.41) is 0. The van der Waals surface area contributed by atoms with Gasteiger partial charge in [-0.15, -0.1) is 0 Å². The van der Waals surface area contributed by atoms with E-state index in [-0.39, 0.29) is 17.8 Å². The third-order valence-electron chi connectivity index (χ3n) is 1.53. The van der Waals surface area contributed by atoms with Crippen molar-refractivity contribution in [2.75, 3.05) is 7.11 Å². The minimum absolute atomic E-state index is 0.0549. The molecule has 0 spiro atoms. The maximum atomic E-state index is 11.1. The van der Waals surface area contributed by atoms with Gasteiger partial charge < -0.3 is 4.74 Å². The van der Waals surface area contributed by atoms with E-state index in [0.717, 1.165) is 0 Å². The first-order chi connectivity index (χ1) is 5.99. The molecule has 0 aliphatic heterocycles. The van der Waals surface area contributed by atoms with Crippen molar-refractivity contribution in [1.29, 1.82) is 0 Å². The first-order valence-electron chi connectivity index (χ1n) is 4.09. The minimum Gasteiger partial charge on any atom is -0.468 e. The highest BCUT2D eigenvalue weighted by molar-refractivity contribution is 5.77. The van der Waals surface area contributed by atoms with Crippen molar-refractivity contribution < 1.29 is 14.3 Å². The molecule has 0 bridgehead atoms. The lowest BCUT2D eigenvalue weighted by Crippen LogP contribution is -2.50. The maximum absolute atomic E-state index is 11.1. The Morgan fingerprint density at radius 1 is 1.31 bits per heavy atom. The van der Waals surface area contributed by atoms with Gasteiger partial charge in [0.15, 0.2) is 0 Å². The van der Waals surface area contributed by atoms with Crippen molar-refractivity contribution in [3.8, 4) is 0 Å². The SMILES string of the molecule is COC(=O)[C@@H](NNC(C)=O)C(C)C. The van der Waals surface area contributed by atoms with Gasteiger partial charge in [-0.05, 0) is 5.92 Å². The number of carbonyl (C=O) groups excluding carboxylic acids is 2. The molecule has 0 unspecified atom stereocenters. The van der Waals surface area contributed by atoms with E-state index in [4.69, 9.17) is 0 Å². The second kappa shape index (κ2) is 5.53. The van der Waals surface area contributed by atoms with Crippen LogP contribution in [0.4, 0.5) is 0 Å². The molecule has 0 aromatic heterocycles. The van der Waals surface area contributed by atoms with Gasteiger partial charge in [0.05, 0.1) is 7.11 Å². The summed E-state index contributed by atoms with van der Waals surface area (Å²) >= 11 is 0. The molecule has 0 aliphatic rings. The molecule has 76 valence electrons. The number of esters is 1. The predicted octanol–water partition coefficient (Wildman–Crippen LogP) is -0.175. The number of hydrogen-bond acceptors (Lipinski definition) is 4. The minimum atomic E-state index is -0.506. The lowest BCUT2D eigenvalue weighted by molar-refractivity contribution is -0.144. The monoisotopic (exact) mass is 188 g/mol. The van der Waals surface area contributed by atoms with E-state index in [9.17, 15) is 9.59 Å². The number of amides is 1. The predicted molar refractivity (Wildman–Crippen MR) is 47.6 cm³/mol. The molecule has 0 aromatic rings. The number of carbonyl (C=O) groups is 2. The van der Waals surface area contributed by atoms with Crippen molar-refractivity contribution in [3.05, 3.63) is 0 Å². The Bertz CT molecular complexity index is 192. The first-order valence-corrected chi connectivity index (χ1v) is 4.09. The third kappa shape index (κ3) is 4.47. The molecule has 0 aromatic carbocycles. The van der Waals surface area contributed by atoms with Crippen molar-refractivity contribution in [3.63, 3.8) is 0 Å². The van der Waals surface area contributed by atoms with Gasteiger partial charge in [0, 0.05) is 6.92 Å². The Morgan fingerprint density at radius 2 is 1.85 bits per heavy atom. The highest BCUT2D eigenvalue weighted by atomic mass is 16.5. The number of methoxy groups -OCH3 is 1. The molecule has 0 saturated carbocycles. The van der Waals surface area contributed by atoms with Gasteiger partial charge in [0.1, 0.15) is 6.04 Å². The number of rotatable bonds is 4. The molecule has 5 nitrogen and oxygen atoms in total. The Kier molecular flexibility index (Phi) is 5.06. The molecule has 0 saturated heterocycles. The number of hydrogen-bond donors (Lipinski definition) is 2. The van der Waals surface area contributed by atoms with Crippen LogP contribution >= 0.6 is 0 Å². The molecule has 13 heavy (non-hydrogen) atoms. The van der Waals surface area contributed by atoms with E-state index in [1.807, 2.05) is 13.8 Å². The average Bonchev–Trinajstić information content (AvgIpc) is 2.03. The highest BCUT2D eigenvalue weighted by Gasteiger charge is 2.22. The van der Waals surface area contributed by atoms with Crippen LogP contribution in [-0.4, -0.2) is 25.0 Å². The van der Waals surface area contributed by atoms with E-state index in [1.165, 1.54) is 14.0 Å². The molecule has 1 amide bonds. The van der Waals surface area contributed by atoms with Gasteiger partial charge in [-0.2, -0.15) is 0 Å². The van der Waals surface area contributed by atoms with Crippen LogP contribution in [-0.2, 0) is 14.3 Å². The summed E-state index contributed by atoms with van der Waals surface area (Å²) in [6.45, 7) is 5.08. The second-order valence-electron chi connectivity index (χ2n) is 3.07. The molecule has 5 heteroatoms. The highest BCUT2D eigenvalue weighted by Crippen LogP contribution is 2.01. The Hall–Kier alpha value is -1.10. The summed E-state index contributed by atoms with van der Waals surface area (Å²) in [7, 11) is 1.31. The quantitative estimate of drug-likeness (QED) is 0.474. The van der Waals surface area contributed by atoms with Gasteiger partial charge in [-0.25, -0.2) is 5.43 Å². The number of hydrazine groups is 1. The van der Waals surface area contributed by atoms with Gasteiger partial charge in [0.2, 0.25) is 5.91 Å². The molecule has 0 radical (unpaired) electrons. The molecule has 0 fully saturated rings. The Balaban J connectivity index is 4.10. The summed E-state index contributed by atoms with van der Waals surface area (Å²) < 4.78 is 4.55. The van der Waals surface area contributed by atoms with Crippen LogP contribution in [0.3, 0.4) is 0 Å². The number of ether oxygens (including phenoxy) is 1. The van der Waals surface area contributed by atoms with Crippen LogP contribution in [0.15, 0.2) is 0 Å². The zero-order valence-corrected chi connectivity index (χ0v) is 8.38. The maximum Gasteiger partial charge on any atom is 0.324 e. The van der Waals surface area contributed by atoms with Crippen LogP contribution < -0.4 is 10.9 Å². The smallest absolute Gasteiger partial charge is 0.324 e. The van der Waals surface area contributed by atoms with Crippen molar-refractivity contribution in [1.82, 2.24) is 10.9 Å². The summed E-state index contributed by atoms with van der Waals surface area (Å²) in [6, 6.07) is -0.506. The molecule has 0 aliphatic carbocycles. The van der Waals surface area contributed by atoms with Gasteiger partial charge in [-0.1, -0.05) is 13.8 Å². The van der Waals surface area contributed by atoms with E-state index in [1.54, 1.807) is 0 Å². The fraction of sp³-hybridized carbons (Fsp3) is 0.750. The zero-order valence-electron chi connectivity index (χ0n) is 8.38. The summed E-state index contributed by atoms with van der Waals surface area (Å²) in [6.07, 6.45) is 0. The third-order valence-corrected chi connectivity index (χ3v) is 1.53. The standard InChI is InChI=1S/C8H16N2O3/c1-5(2)7(8(12)13-4)10-9-6(3)11/h5,7,10H,1-4H3,(H,9,11)/t7-/m0/s1. The molecule has 0 heterocycles. The molecular weight excluding hydrogens is 172 g/mol. The van der Waals surface area contributed by atoms with E-state index >= 15 is 0 Å². The molecular formula is C8H16N2O3. The van der Waals surface area contributed by atoms with Crippen molar-refractivity contribution >= 4 is 11.9 Å². The van der Waals surface area contributed by atoms with E-state index in [0.29, 0.717) is 0 Å². The fourth-order valence-electron chi connectivity index (χ4n) is 0.804. The first kappa shape index (κ1) is 11.9. The topological polar surface area (TPSA) is 67.4 Å². The Labute approximate surface area is 77.8 Å². The lowest BCUT2D eigenvalue weighted by atomic mass is 10.1. The van der Waals surface area contributed by atoms with Crippen LogP contribution in [0.25, 0.3) is 0 Å². The van der Waals surface area contributed by atoms with Gasteiger partial charge in [0.25, 0.3) is 0 Å². The van der Waals surface area contributed by atoms with Crippen molar-refractivity contribution in [2.24, 2.45) is 5.92 Å². The molecule has 2 N–H and O–H groups in total. The van der Waals surface area contributed by atoms with Crippen molar-refractivity contribution in [2.45, 2.75) is 26.8 Å². The summed E-state index contributed by atoms with van der Waals surface area (Å²) in [4.78, 5) is 21.7.